The second-order valence-electron chi connectivity index (χ2n) is 6.88. The maximum absolute atomic E-state index is 13.1. The van der Waals surface area contributed by atoms with Crippen LogP contribution in [-0.2, 0) is 16.1 Å². The van der Waals surface area contributed by atoms with E-state index < -0.39 is 0 Å². The Bertz CT molecular complexity index is 783. The number of carbonyl (C=O) groups is 2. The van der Waals surface area contributed by atoms with Crippen molar-refractivity contribution in [3.8, 4) is 0 Å². The second kappa shape index (κ2) is 9.37. The van der Waals surface area contributed by atoms with E-state index in [0.29, 0.717) is 26.3 Å². The third-order valence-corrected chi connectivity index (χ3v) is 5.96. The summed E-state index contributed by atoms with van der Waals surface area (Å²) in [6.45, 7) is 7.99. The Kier molecular flexibility index (Phi) is 6.90. The summed E-state index contributed by atoms with van der Waals surface area (Å²) >= 11 is 1.66. The normalized spacial score (nSPS) is 17.4. The minimum atomic E-state index is -0.124. The molecule has 2 amide bonds. The van der Waals surface area contributed by atoms with Gasteiger partial charge in [-0.3, -0.25) is 9.59 Å². The zero-order chi connectivity index (χ0) is 19.2. The minimum absolute atomic E-state index is 0.0362. The van der Waals surface area contributed by atoms with Crippen molar-refractivity contribution in [3.05, 3.63) is 23.2 Å². The fourth-order valence-corrected chi connectivity index (χ4v) is 4.53. The van der Waals surface area contributed by atoms with Crippen molar-refractivity contribution in [1.29, 1.82) is 0 Å². The van der Waals surface area contributed by atoms with E-state index in [1.165, 1.54) is 0 Å². The molecular weight excluding hydrogens is 362 g/mol. The zero-order valence-corrected chi connectivity index (χ0v) is 17.0. The molecule has 2 aromatic heterocycles. The van der Waals surface area contributed by atoms with Crippen LogP contribution in [-0.4, -0.2) is 54.1 Å². The molecule has 1 saturated heterocycles. The van der Waals surface area contributed by atoms with E-state index >= 15 is 0 Å². The number of aryl methyl sites for hydroxylation is 1. The molecule has 1 N–H and O–H groups in total. The molecule has 0 bridgehead atoms. The predicted octanol–water partition coefficient (Wildman–Crippen LogP) is 3.12. The minimum Gasteiger partial charge on any atom is -0.382 e. The van der Waals surface area contributed by atoms with Gasteiger partial charge in [-0.05, 0) is 50.6 Å². The number of aromatic nitrogens is 1. The van der Waals surface area contributed by atoms with E-state index in [0.717, 1.165) is 48.3 Å². The lowest BCUT2D eigenvalue weighted by Gasteiger charge is -2.32. The number of piperidine rings is 1. The highest BCUT2D eigenvalue weighted by molar-refractivity contribution is 7.17. The third-order valence-electron chi connectivity index (χ3n) is 5.11. The van der Waals surface area contributed by atoms with Crippen molar-refractivity contribution in [2.45, 2.75) is 39.7 Å². The van der Waals surface area contributed by atoms with E-state index in [4.69, 9.17) is 4.74 Å². The van der Waals surface area contributed by atoms with E-state index in [1.807, 2.05) is 17.9 Å². The SMILES string of the molecule is CCOCCCNC(=O)[C@H]1CCCN(C(=O)c2cc3sccc3n2CC)C1. The Labute approximate surface area is 164 Å². The summed E-state index contributed by atoms with van der Waals surface area (Å²) in [5.41, 5.74) is 1.85. The van der Waals surface area contributed by atoms with Gasteiger partial charge >= 0.3 is 0 Å². The highest BCUT2D eigenvalue weighted by atomic mass is 32.1. The van der Waals surface area contributed by atoms with Crippen molar-refractivity contribution < 1.29 is 14.3 Å². The Hall–Kier alpha value is -1.86. The Morgan fingerprint density at radius 3 is 3.00 bits per heavy atom. The second-order valence-corrected chi connectivity index (χ2v) is 7.82. The number of nitrogens with one attached hydrogen (secondary N) is 1. The molecule has 0 unspecified atom stereocenters. The average Bonchev–Trinajstić information content (AvgIpc) is 3.28. The Morgan fingerprint density at radius 2 is 2.22 bits per heavy atom. The lowest BCUT2D eigenvalue weighted by molar-refractivity contribution is -0.126. The number of likely N-dealkylation sites (tertiary alicyclic amines) is 1. The van der Waals surface area contributed by atoms with Crippen LogP contribution in [0.25, 0.3) is 10.2 Å². The van der Waals surface area contributed by atoms with Crippen molar-refractivity contribution in [2.75, 3.05) is 32.8 Å². The van der Waals surface area contributed by atoms with Crippen LogP contribution >= 0.6 is 11.3 Å². The summed E-state index contributed by atoms with van der Waals surface area (Å²) in [5, 5.41) is 5.04. The van der Waals surface area contributed by atoms with Crippen LogP contribution in [0, 0.1) is 5.92 Å². The largest absolute Gasteiger partial charge is 0.382 e. The number of thiophene rings is 1. The number of carbonyl (C=O) groups excluding carboxylic acids is 2. The molecule has 1 fully saturated rings. The Balaban J connectivity index is 1.60. The standard InChI is InChI=1S/C20H29N3O3S/c1-3-23-16-8-12-27-18(16)13-17(23)20(25)22-10-5-7-15(14-22)19(24)21-9-6-11-26-4-2/h8,12-13,15H,3-7,9-11,14H2,1-2H3,(H,21,24)/t15-/m0/s1. The molecule has 27 heavy (non-hydrogen) atoms. The van der Waals surface area contributed by atoms with Gasteiger partial charge in [-0.25, -0.2) is 0 Å². The first-order chi connectivity index (χ1) is 13.2. The molecule has 3 rings (SSSR count). The number of hydrogen-bond acceptors (Lipinski definition) is 4. The maximum Gasteiger partial charge on any atom is 0.270 e. The topological polar surface area (TPSA) is 63.6 Å². The summed E-state index contributed by atoms with van der Waals surface area (Å²) in [5.74, 6) is -0.0362. The molecule has 0 spiro atoms. The number of amides is 2. The predicted molar refractivity (Wildman–Crippen MR) is 108 cm³/mol. The van der Waals surface area contributed by atoms with Gasteiger partial charge in [0.25, 0.3) is 5.91 Å². The summed E-state index contributed by atoms with van der Waals surface area (Å²) in [6, 6.07) is 4.05. The molecule has 148 valence electrons. The quantitative estimate of drug-likeness (QED) is 0.703. The molecule has 7 heteroatoms. The molecule has 0 aromatic carbocycles. The third kappa shape index (κ3) is 4.52. The molecule has 3 heterocycles. The Morgan fingerprint density at radius 1 is 1.37 bits per heavy atom. The highest BCUT2D eigenvalue weighted by Gasteiger charge is 2.30. The van der Waals surface area contributed by atoms with E-state index in [1.54, 1.807) is 11.3 Å². The first-order valence-corrected chi connectivity index (χ1v) is 10.7. The van der Waals surface area contributed by atoms with Crippen LogP contribution in [0.5, 0.6) is 0 Å². The number of rotatable bonds is 8. The molecule has 1 aliphatic rings. The van der Waals surface area contributed by atoms with Crippen molar-refractivity contribution in [1.82, 2.24) is 14.8 Å². The summed E-state index contributed by atoms with van der Waals surface area (Å²) in [7, 11) is 0. The molecule has 0 radical (unpaired) electrons. The number of nitrogens with zero attached hydrogens (tertiary/aromatic N) is 2. The number of fused-ring (bicyclic) bond motifs is 1. The summed E-state index contributed by atoms with van der Waals surface area (Å²) in [4.78, 5) is 27.4. The van der Waals surface area contributed by atoms with Gasteiger partial charge in [0, 0.05) is 39.4 Å². The van der Waals surface area contributed by atoms with E-state index in [-0.39, 0.29) is 17.7 Å². The summed E-state index contributed by atoms with van der Waals surface area (Å²) in [6.07, 6.45) is 2.52. The molecule has 6 nitrogen and oxygen atoms in total. The van der Waals surface area contributed by atoms with Crippen LogP contribution in [0.15, 0.2) is 17.5 Å². The molecule has 0 aliphatic carbocycles. The summed E-state index contributed by atoms with van der Waals surface area (Å²) < 4.78 is 8.51. The van der Waals surface area contributed by atoms with Crippen molar-refractivity contribution >= 4 is 33.4 Å². The molecule has 0 saturated carbocycles. The van der Waals surface area contributed by atoms with Gasteiger partial charge in [-0.2, -0.15) is 0 Å². The first kappa shape index (κ1) is 19.9. The molecule has 1 aliphatic heterocycles. The number of hydrogen-bond donors (Lipinski definition) is 1. The van der Waals surface area contributed by atoms with Crippen LogP contribution in [0.1, 0.15) is 43.6 Å². The van der Waals surface area contributed by atoms with Gasteiger partial charge in [0.05, 0.1) is 16.1 Å². The van der Waals surface area contributed by atoms with E-state index in [2.05, 4.69) is 28.3 Å². The van der Waals surface area contributed by atoms with Gasteiger partial charge in [-0.1, -0.05) is 0 Å². The van der Waals surface area contributed by atoms with Gasteiger partial charge in [-0.15, -0.1) is 11.3 Å². The highest BCUT2D eigenvalue weighted by Crippen LogP contribution is 2.27. The van der Waals surface area contributed by atoms with Gasteiger partial charge in [0.15, 0.2) is 0 Å². The van der Waals surface area contributed by atoms with Crippen LogP contribution in [0.3, 0.4) is 0 Å². The number of ether oxygens (including phenoxy) is 1. The maximum atomic E-state index is 13.1. The first-order valence-electron chi connectivity index (χ1n) is 9.87. The zero-order valence-electron chi connectivity index (χ0n) is 16.2. The van der Waals surface area contributed by atoms with Gasteiger partial charge in [0.1, 0.15) is 5.69 Å². The molecular formula is C20H29N3O3S. The van der Waals surface area contributed by atoms with Crippen LogP contribution in [0.4, 0.5) is 0 Å². The van der Waals surface area contributed by atoms with Crippen molar-refractivity contribution in [3.63, 3.8) is 0 Å². The van der Waals surface area contributed by atoms with Crippen molar-refractivity contribution in [2.24, 2.45) is 5.92 Å². The molecule has 1 atom stereocenters. The lowest BCUT2D eigenvalue weighted by atomic mass is 9.97. The smallest absolute Gasteiger partial charge is 0.270 e. The lowest BCUT2D eigenvalue weighted by Crippen LogP contribution is -2.46. The van der Waals surface area contributed by atoms with Gasteiger partial charge < -0.3 is 19.5 Å². The van der Waals surface area contributed by atoms with Gasteiger partial charge in [0.2, 0.25) is 5.91 Å². The fourth-order valence-electron chi connectivity index (χ4n) is 3.71. The van der Waals surface area contributed by atoms with Crippen LogP contribution in [0.2, 0.25) is 0 Å². The molecule has 2 aromatic rings. The average molecular weight is 392 g/mol. The van der Waals surface area contributed by atoms with E-state index in [9.17, 15) is 9.59 Å². The fraction of sp³-hybridized carbons (Fsp3) is 0.600. The monoisotopic (exact) mass is 391 g/mol. The van der Waals surface area contributed by atoms with Crippen LogP contribution < -0.4 is 5.32 Å².